The third kappa shape index (κ3) is 3.01. The van der Waals surface area contributed by atoms with Crippen LogP contribution in [0.2, 0.25) is 0 Å². The van der Waals surface area contributed by atoms with Gasteiger partial charge in [0.1, 0.15) is 0 Å². The van der Waals surface area contributed by atoms with E-state index in [0.717, 1.165) is 0 Å². The predicted octanol–water partition coefficient (Wildman–Crippen LogP) is 0.367. The van der Waals surface area contributed by atoms with E-state index < -0.39 is 9.45 Å². The smallest absolute Gasteiger partial charge is 0.378 e. The minimum atomic E-state index is -1.46. The van der Waals surface area contributed by atoms with Crippen molar-refractivity contribution < 1.29 is 8.85 Å². The van der Waals surface area contributed by atoms with E-state index in [1.165, 1.54) is 14.2 Å². The quantitative estimate of drug-likeness (QED) is 0.329. The highest BCUT2D eigenvalue weighted by Crippen LogP contribution is 1.82. The SMILES string of the molecule is CO[Si](N=C=S)OC. The number of thiocarbonyl (C=S) groups is 1. The lowest BCUT2D eigenvalue weighted by atomic mass is 11.8. The molecule has 0 amide bonds. The second-order valence-electron chi connectivity index (χ2n) is 0.877. The first-order valence-electron chi connectivity index (χ1n) is 1.88. The Bertz CT molecular complexity index is 99.5. The summed E-state index contributed by atoms with van der Waals surface area (Å²) in [5.74, 6) is 0. The second kappa shape index (κ2) is 5.08. The third-order valence-corrected chi connectivity index (χ3v) is 1.73. The fraction of sp³-hybridized carbons (Fsp3) is 0.667. The summed E-state index contributed by atoms with van der Waals surface area (Å²) < 4.78 is 13.0. The minimum absolute atomic E-state index is 1.46. The molecule has 0 spiro atoms. The van der Waals surface area contributed by atoms with Crippen molar-refractivity contribution in [3.05, 3.63) is 0 Å². The van der Waals surface area contributed by atoms with Gasteiger partial charge in [-0.15, -0.1) is 0 Å². The summed E-state index contributed by atoms with van der Waals surface area (Å²) in [5, 5.41) is 2.17. The molecule has 0 aromatic rings. The largest absolute Gasteiger partial charge is 0.557 e. The lowest BCUT2D eigenvalue weighted by Gasteiger charge is -1.96. The van der Waals surface area contributed by atoms with Gasteiger partial charge in [-0.2, -0.15) is 0 Å². The van der Waals surface area contributed by atoms with Gasteiger partial charge in [-0.25, -0.2) is 4.66 Å². The summed E-state index contributed by atoms with van der Waals surface area (Å²) in [6.45, 7) is 0. The van der Waals surface area contributed by atoms with Crippen LogP contribution in [0.3, 0.4) is 0 Å². The molecular weight excluding hydrogens is 142 g/mol. The van der Waals surface area contributed by atoms with Gasteiger partial charge < -0.3 is 8.85 Å². The highest BCUT2D eigenvalue weighted by molar-refractivity contribution is 7.78. The van der Waals surface area contributed by atoms with Crippen LogP contribution in [-0.2, 0) is 8.85 Å². The minimum Gasteiger partial charge on any atom is -0.378 e. The summed E-state index contributed by atoms with van der Waals surface area (Å²) in [6.07, 6.45) is 0. The zero-order valence-electron chi connectivity index (χ0n) is 4.67. The summed E-state index contributed by atoms with van der Waals surface area (Å²) in [6, 6.07) is 0. The van der Waals surface area contributed by atoms with Crippen molar-refractivity contribution in [3.8, 4) is 0 Å². The van der Waals surface area contributed by atoms with E-state index in [1.54, 1.807) is 0 Å². The Balaban J connectivity index is 3.52. The number of hydrogen-bond donors (Lipinski definition) is 0. The molecular formula is C3H6NO2SSi. The number of rotatable bonds is 3. The summed E-state index contributed by atoms with van der Waals surface area (Å²) in [4.78, 5) is 0. The van der Waals surface area contributed by atoms with Crippen molar-refractivity contribution in [3.63, 3.8) is 0 Å². The van der Waals surface area contributed by atoms with Gasteiger partial charge in [0.05, 0.1) is 5.16 Å². The Hall–Kier alpha value is -0.0631. The van der Waals surface area contributed by atoms with Gasteiger partial charge in [0.15, 0.2) is 0 Å². The first-order valence-corrected chi connectivity index (χ1v) is 3.55. The van der Waals surface area contributed by atoms with E-state index in [-0.39, 0.29) is 0 Å². The first kappa shape index (κ1) is 7.94. The van der Waals surface area contributed by atoms with Crippen LogP contribution in [0.1, 0.15) is 0 Å². The van der Waals surface area contributed by atoms with Gasteiger partial charge >= 0.3 is 9.45 Å². The van der Waals surface area contributed by atoms with Crippen molar-refractivity contribution >= 4 is 26.8 Å². The van der Waals surface area contributed by atoms with Crippen LogP contribution < -0.4 is 0 Å². The summed E-state index contributed by atoms with van der Waals surface area (Å²) in [5.41, 5.74) is 0. The first-order chi connectivity index (χ1) is 3.85. The Morgan fingerprint density at radius 3 is 2.12 bits per heavy atom. The Morgan fingerprint density at radius 1 is 1.50 bits per heavy atom. The maximum atomic E-state index is 4.72. The lowest BCUT2D eigenvalue weighted by molar-refractivity contribution is 0.280. The number of nitrogens with zero attached hydrogens (tertiary/aromatic N) is 1. The van der Waals surface area contributed by atoms with Gasteiger partial charge in [-0.1, -0.05) is 0 Å². The van der Waals surface area contributed by atoms with Crippen LogP contribution in [0.5, 0.6) is 0 Å². The Morgan fingerprint density at radius 2 is 2.00 bits per heavy atom. The van der Waals surface area contributed by atoms with Gasteiger partial charge in [-0.3, -0.25) is 0 Å². The fourth-order valence-electron chi connectivity index (χ4n) is 0.212. The second-order valence-corrected chi connectivity index (χ2v) is 2.63. The van der Waals surface area contributed by atoms with Crippen LogP contribution in [0.15, 0.2) is 4.66 Å². The predicted molar refractivity (Wildman–Crippen MR) is 34.8 cm³/mol. The van der Waals surface area contributed by atoms with Crippen LogP contribution in [0.4, 0.5) is 0 Å². The highest BCUT2D eigenvalue weighted by atomic mass is 32.1. The lowest BCUT2D eigenvalue weighted by Crippen LogP contribution is -2.15. The molecule has 0 heterocycles. The van der Waals surface area contributed by atoms with Crippen molar-refractivity contribution in [2.75, 3.05) is 14.2 Å². The maximum absolute atomic E-state index is 4.72. The van der Waals surface area contributed by atoms with E-state index in [0.29, 0.717) is 0 Å². The molecule has 3 nitrogen and oxygen atoms in total. The molecule has 0 aliphatic carbocycles. The molecule has 0 saturated heterocycles. The summed E-state index contributed by atoms with van der Waals surface area (Å²) in [7, 11) is 1.58. The van der Waals surface area contributed by atoms with E-state index in [9.17, 15) is 0 Å². The molecule has 0 aliphatic heterocycles. The van der Waals surface area contributed by atoms with Crippen LogP contribution in [-0.4, -0.2) is 28.8 Å². The number of hydrogen-bond acceptors (Lipinski definition) is 4. The molecule has 0 aromatic heterocycles. The molecule has 0 aromatic carbocycles. The van der Waals surface area contributed by atoms with E-state index in [4.69, 9.17) is 8.85 Å². The van der Waals surface area contributed by atoms with Gasteiger partial charge in [0, 0.05) is 14.2 Å². The highest BCUT2D eigenvalue weighted by Gasteiger charge is 2.08. The molecule has 0 fully saturated rings. The summed E-state index contributed by atoms with van der Waals surface area (Å²) >= 11 is 4.31. The van der Waals surface area contributed by atoms with Gasteiger partial charge in [0.25, 0.3) is 0 Å². The normalized spacial score (nSPS) is 8.88. The average molecular weight is 148 g/mol. The molecule has 0 aliphatic rings. The molecule has 0 atom stereocenters. The molecule has 5 heteroatoms. The molecule has 0 unspecified atom stereocenters. The van der Waals surface area contributed by atoms with Gasteiger partial charge in [0.2, 0.25) is 0 Å². The number of isothiocyanates is 1. The fourth-order valence-corrected chi connectivity index (χ4v) is 0.859. The topological polar surface area (TPSA) is 30.8 Å². The maximum Gasteiger partial charge on any atom is 0.557 e. The van der Waals surface area contributed by atoms with Crippen LogP contribution >= 0.6 is 12.2 Å². The van der Waals surface area contributed by atoms with Crippen molar-refractivity contribution in [1.82, 2.24) is 0 Å². The molecule has 8 heavy (non-hydrogen) atoms. The van der Waals surface area contributed by atoms with Crippen LogP contribution in [0.25, 0.3) is 0 Å². The van der Waals surface area contributed by atoms with Crippen molar-refractivity contribution in [2.24, 2.45) is 4.66 Å². The molecule has 0 rings (SSSR count). The van der Waals surface area contributed by atoms with Crippen LogP contribution in [0, 0.1) is 0 Å². The average Bonchev–Trinajstić information content (AvgIpc) is 1.83. The Labute approximate surface area is 55.3 Å². The molecule has 0 bridgehead atoms. The van der Waals surface area contributed by atoms with Crippen molar-refractivity contribution in [2.45, 2.75) is 0 Å². The monoisotopic (exact) mass is 148 g/mol. The molecule has 45 valence electrons. The third-order valence-electron chi connectivity index (χ3n) is 0.486. The molecule has 0 N–H and O–H groups in total. The van der Waals surface area contributed by atoms with E-state index >= 15 is 0 Å². The van der Waals surface area contributed by atoms with Crippen molar-refractivity contribution in [1.29, 1.82) is 0 Å². The Kier molecular flexibility index (Phi) is 5.04. The van der Waals surface area contributed by atoms with E-state index in [1.807, 2.05) is 0 Å². The zero-order chi connectivity index (χ0) is 6.41. The standard InChI is InChI=1S/C3H6NO2SSi/c1-5-8(6-2)4-3-7/h1-2H3. The van der Waals surface area contributed by atoms with E-state index in [2.05, 4.69) is 22.0 Å². The van der Waals surface area contributed by atoms with Gasteiger partial charge in [-0.05, 0) is 12.2 Å². The zero-order valence-corrected chi connectivity index (χ0v) is 6.49. The molecule has 1 radical (unpaired) electrons. The molecule has 0 saturated carbocycles.